The van der Waals surface area contributed by atoms with Crippen molar-refractivity contribution < 1.29 is 9.53 Å². The van der Waals surface area contributed by atoms with Gasteiger partial charge in [-0.2, -0.15) is 10.2 Å². The first-order valence-electron chi connectivity index (χ1n) is 8.48. The van der Waals surface area contributed by atoms with E-state index in [-0.39, 0.29) is 5.97 Å². The van der Waals surface area contributed by atoms with Gasteiger partial charge in [-0.3, -0.25) is 4.68 Å². The van der Waals surface area contributed by atoms with Gasteiger partial charge in [0.25, 0.3) is 0 Å². The highest BCUT2D eigenvalue weighted by atomic mass is 79.9. The molecule has 0 aliphatic rings. The van der Waals surface area contributed by atoms with Crippen LogP contribution in [0.5, 0.6) is 0 Å². The molecule has 5 aromatic heterocycles. The molecule has 0 spiro atoms. The maximum absolute atomic E-state index is 12.0. The summed E-state index contributed by atoms with van der Waals surface area (Å²) in [7, 11) is 1.36. The topological polar surface area (TPSA) is 105 Å². The third-order valence-electron chi connectivity index (χ3n) is 4.40. The molecule has 0 aromatic carbocycles. The number of halogens is 1. The highest BCUT2D eigenvalue weighted by molar-refractivity contribution is 9.10. The zero-order chi connectivity index (χ0) is 20.1. The minimum atomic E-state index is -0.382. The number of aryl methyl sites for hydroxylation is 1. The molecule has 5 heterocycles. The summed E-state index contributed by atoms with van der Waals surface area (Å²) in [6.45, 7) is 2.33. The number of carbonyl (C=O) groups excluding carboxylic acids is 1. The van der Waals surface area contributed by atoms with Crippen molar-refractivity contribution in [2.24, 2.45) is 0 Å². The summed E-state index contributed by atoms with van der Waals surface area (Å²) in [5.74, 6) is 0.0947. The van der Waals surface area contributed by atoms with Crippen LogP contribution in [0.2, 0.25) is 0 Å². The van der Waals surface area contributed by atoms with Crippen LogP contribution in [-0.2, 0) is 11.4 Å². The first-order chi connectivity index (χ1) is 14.0. The predicted molar refractivity (Wildman–Crippen MR) is 109 cm³/mol. The molecule has 12 heteroatoms. The Labute approximate surface area is 175 Å². The second-order valence-electron chi connectivity index (χ2n) is 6.26. The Morgan fingerprint density at radius 3 is 2.93 bits per heavy atom. The minimum Gasteiger partial charge on any atom is -0.465 e. The maximum atomic E-state index is 12.0. The third kappa shape index (κ3) is 3.00. The number of methoxy groups -OCH3 is 1. The minimum absolute atomic E-state index is 0.382. The molecule has 29 heavy (non-hydrogen) atoms. The van der Waals surface area contributed by atoms with E-state index in [2.05, 4.69) is 41.2 Å². The first kappa shape index (κ1) is 17.9. The second-order valence-corrected chi connectivity index (χ2v) is 8.17. The lowest BCUT2D eigenvalue weighted by molar-refractivity contribution is 0.0605. The smallest absolute Gasteiger partial charge is 0.348 e. The lowest BCUT2D eigenvalue weighted by Crippen LogP contribution is -2.08. The number of esters is 1. The fourth-order valence-corrected chi connectivity index (χ4v) is 4.44. The molecule has 10 nitrogen and oxygen atoms in total. The number of rotatable bonds is 4. The zero-order valence-electron chi connectivity index (χ0n) is 15.3. The van der Waals surface area contributed by atoms with E-state index in [1.54, 1.807) is 26.4 Å². The number of hydrogen-bond acceptors (Lipinski definition) is 8. The molecule has 0 radical (unpaired) electrons. The average Bonchev–Trinajstić information content (AvgIpc) is 3.47. The van der Waals surface area contributed by atoms with Crippen LogP contribution in [0, 0.1) is 6.92 Å². The lowest BCUT2D eigenvalue weighted by atomic mass is 10.2. The molecule has 0 bridgehead atoms. The third-order valence-corrected chi connectivity index (χ3v) is 5.99. The molecular weight excluding hydrogens is 460 g/mol. The fourth-order valence-electron chi connectivity index (χ4n) is 3.05. The molecular formula is C17H13BrN8O2S. The van der Waals surface area contributed by atoms with Gasteiger partial charge in [-0.1, -0.05) is 0 Å². The molecule has 5 rings (SSSR count). The van der Waals surface area contributed by atoms with Gasteiger partial charge in [-0.25, -0.2) is 24.0 Å². The molecule has 146 valence electrons. The van der Waals surface area contributed by atoms with E-state index in [9.17, 15) is 4.79 Å². The summed E-state index contributed by atoms with van der Waals surface area (Å²) in [6.07, 6.45) is 7.02. The molecule has 0 N–H and O–H groups in total. The van der Waals surface area contributed by atoms with Crippen molar-refractivity contribution >= 4 is 49.1 Å². The van der Waals surface area contributed by atoms with Gasteiger partial charge in [-0.15, -0.1) is 16.4 Å². The Kier molecular flexibility index (Phi) is 4.17. The lowest BCUT2D eigenvalue weighted by Gasteiger charge is -2.00. The van der Waals surface area contributed by atoms with Gasteiger partial charge in [0.05, 0.1) is 23.2 Å². The van der Waals surface area contributed by atoms with Crippen molar-refractivity contribution in [3.05, 3.63) is 45.9 Å². The largest absolute Gasteiger partial charge is 0.465 e. The number of nitrogens with zero attached hydrogens (tertiary/aromatic N) is 8. The second kappa shape index (κ2) is 6.74. The number of aromatic nitrogens is 8. The van der Waals surface area contributed by atoms with Crippen LogP contribution in [0.15, 0.2) is 35.5 Å². The number of hydrogen-bond donors (Lipinski definition) is 0. The molecule has 0 unspecified atom stereocenters. The van der Waals surface area contributed by atoms with Gasteiger partial charge in [0.2, 0.25) is 5.82 Å². The van der Waals surface area contributed by atoms with Gasteiger partial charge in [0.15, 0.2) is 5.65 Å². The monoisotopic (exact) mass is 472 g/mol. The normalized spacial score (nSPS) is 11.6. The summed E-state index contributed by atoms with van der Waals surface area (Å²) >= 11 is 4.66. The SMILES string of the molecule is COC(=O)c1sc2ncn3nc(-c4ccn(Cn5cc(Br)cn5)n4)nc3c2c1C. The van der Waals surface area contributed by atoms with Crippen LogP contribution < -0.4 is 0 Å². The van der Waals surface area contributed by atoms with E-state index in [0.717, 1.165) is 15.4 Å². The quantitative estimate of drug-likeness (QED) is 0.370. The molecule has 0 fully saturated rings. The fraction of sp³-hybridized carbons (Fsp3) is 0.176. The highest BCUT2D eigenvalue weighted by Gasteiger charge is 2.21. The van der Waals surface area contributed by atoms with Crippen molar-refractivity contribution in [1.82, 2.24) is 39.1 Å². The van der Waals surface area contributed by atoms with Gasteiger partial charge >= 0.3 is 5.97 Å². The average molecular weight is 473 g/mol. The molecule has 0 saturated heterocycles. The van der Waals surface area contributed by atoms with E-state index in [1.807, 2.05) is 25.4 Å². The van der Waals surface area contributed by atoms with Crippen molar-refractivity contribution in [3.63, 3.8) is 0 Å². The van der Waals surface area contributed by atoms with E-state index in [0.29, 0.717) is 33.5 Å². The maximum Gasteiger partial charge on any atom is 0.348 e. The van der Waals surface area contributed by atoms with Crippen LogP contribution in [0.1, 0.15) is 15.2 Å². The van der Waals surface area contributed by atoms with Gasteiger partial charge < -0.3 is 4.74 Å². The molecule has 0 atom stereocenters. The van der Waals surface area contributed by atoms with Crippen molar-refractivity contribution in [2.75, 3.05) is 7.11 Å². The zero-order valence-corrected chi connectivity index (χ0v) is 17.7. The first-order valence-corrected chi connectivity index (χ1v) is 10.1. The Morgan fingerprint density at radius 1 is 1.31 bits per heavy atom. The van der Waals surface area contributed by atoms with E-state index < -0.39 is 0 Å². The Bertz CT molecular complexity index is 1380. The Balaban J connectivity index is 1.55. The Morgan fingerprint density at radius 2 is 2.17 bits per heavy atom. The molecule has 0 aliphatic heterocycles. The molecule has 5 aromatic rings. The number of thiophene rings is 1. The molecule has 0 aliphatic carbocycles. The summed E-state index contributed by atoms with van der Waals surface area (Å²) in [6, 6.07) is 1.85. The van der Waals surface area contributed by atoms with Crippen molar-refractivity contribution in [3.8, 4) is 11.5 Å². The van der Waals surface area contributed by atoms with Crippen LogP contribution in [0.3, 0.4) is 0 Å². The Hall–Kier alpha value is -3.12. The summed E-state index contributed by atoms with van der Waals surface area (Å²) in [5, 5.41) is 14.1. The van der Waals surface area contributed by atoms with E-state index in [1.165, 1.54) is 18.4 Å². The number of fused-ring (bicyclic) bond motifs is 3. The van der Waals surface area contributed by atoms with Gasteiger partial charge in [0.1, 0.15) is 28.4 Å². The van der Waals surface area contributed by atoms with Crippen LogP contribution in [0.4, 0.5) is 0 Å². The van der Waals surface area contributed by atoms with Crippen molar-refractivity contribution in [2.45, 2.75) is 13.6 Å². The van der Waals surface area contributed by atoms with Crippen molar-refractivity contribution in [1.29, 1.82) is 0 Å². The van der Waals surface area contributed by atoms with Crippen LogP contribution in [-0.4, -0.2) is 52.2 Å². The predicted octanol–water partition coefficient (Wildman–Crippen LogP) is 2.76. The van der Waals surface area contributed by atoms with Crippen LogP contribution >= 0.6 is 27.3 Å². The molecule has 0 amide bonds. The highest BCUT2D eigenvalue weighted by Crippen LogP contribution is 2.32. The molecule has 0 saturated carbocycles. The van der Waals surface area contributed by atoms with E-state index in [4.69, 9.17) is 4.74 Å². The van der Waals surface area contributed by atoms with Gasteiger partial charge in [-0.05, 0) is 34.5 Å². The van der Waals surface area contributed by atoms with Gasteiger partial charge in [0, 0.05) is 12.4 Å². The number of carbonyl (C=O) groups is 1. The van der Waals surface area contributed by atoms with Crippen LogP contribution in [0.25, 0.3) is 27.4 Å². The standard InChI is InChI=1S/C17H13BrN8O2S/c1-9-12-15-21-14(11-3-4-24(22-11)8-25-6-10(18)5-20-25)23-26(15)7-19-16(12)29-13(9)17(27)28-2/h3-7H,8H2,1-2H3. The summed E-state index contributed by atoms with van der Waals surface area (Å²) < 4.78 is 10.9. The number of ether oxygens (including phenoxy) is 1. The summed E-state index contributed by atoms with van der Waals surface area (Å²) in [5.41, 5.74) is 2.04. The van der Waals surface area contributed by atoms with E-state index >= 15 is 0 Å². The summed E-state index contributed by atoms with van der Waals surface area (Å²) in [4.78, 5) is 22.3.